The smallest absolute Gasteiger partial charge is 0.419 e. The van der Waals surface area contributed by atoms with Crippen LogP contribution in [0.15, 0.2) is 39.7 Å². The molecule has 0 radical (unpaired) electrons. The summed E-state index contributed by atoms with van der Waals surface area (Å²) in [6.07, 6.45) is 1.23. The van der Waals surface area contributed by atoms with E-state index in [1.54, 1.807) is 25.2 Å². The lowest BCUT2D eigenvalue weighted by atomic mass is 10.1. The van der Waals surface area contributed by atoms with Gasteiger partial charge in [-0.1, -0.05) is 0 Å². The molecule has 0 bridgehead atoms. The standard InChI is InChI=1S/C14H9N3O3/c1-17-11-5-8(2-3-13(11)20-14(17)19)10-4-9(6-15)12(18)7-16-10/h2-5,7,18H,1H3. The summed E-state index contributed by atoms with van der Waals surface area (Å²) in [5, 5.41) is 18.4. The first-order chi connectivity index (χ1) is 9.60. The predicted octanol–water partition coefficient (Wildman–Crippen LogP) is 1.77. The van der Waals surface area contributed by atoms with E-state index < -0.39 is 5.76 Å². The van der Waals surface area contributed by atoms with Gasteiger partial charge in [0.2, 0.25) is 0 Å². The Bertz CT molecular complexity index is 916. The monoisotopic (exact) mass is 267 g/mol. The van der Waals surface area contributed by atoms with Crippen molar-refractivity contribution in [1.29, 1.82) is 5.26 Å². The van der Waals surface area contributed by atoms with Crippen LogP contribution >= 0.6 is 0 Å². The van der Waals surface area contributed by atoms with Crippen molar-refractivity contribution in [3.05, 3.63) is 46.6 Å². The highest BCUT2D eigenvalue weighted by atomic mass is 16.4. The molecule has 2 aromatic heterocycles. The Morgan fingerprint density at radius 2 is 2.20 bits per heavy atom. The number of benzene rings is 1. The van der Waals surface area contributed by atoms with E-state index in [-0.39, 0.29) is 11.3 Å². The summed E-state index contributed by atoms with van der Waals surface area (Å²) in [7, 11) is 1.61. The molecule has 3 rings (SSSR count). The van der Waals surface area contributed by atoms with Gasteiger partial charge in [-0.25, -0.2) is 4.79 Å². The lowest BCUT2D eigenvalue weighted by Crippen LogP contribution is -2.08. The summed E-state index contributed by atoms with van der Waals surface area (Å²) in [4.78, 5) is 15.5. The largest absolute Gasteiger partial charge is 0.505 e. The van der Waals surface area contributed by atoms with Gasteiger partial charge in [-0.05, 0) is 24.3 Å². The number of aryl methyl sites for hydroxylation is 1. The number of rotatable bonds is 1. The highest BCUT2D eigenvalue weighted by Crippen LogP contribution is 2.25. The Labute approximate surface area is 113 Å². The van der Waals surface area contributed by atoms with Crippen LogP contribution in [-0.2, 0) is 7.05 Å². The van der Waals surface area contributed by atoms with Crippen molar-refractivity contribution in [3.8, 4) is 23.1 Å². The van der Waals surface area contributed by atoms with Crippen LogP contribution in [0.1, 0.15) is 5.56 Å². The molecular weight excluding hydrogens is 258 g/mol. The number of aromatic hydroxyl groups is 1. The Balaban J connectivity index is 2.22. The van der Waals surface area contributed by atoms with E-state index in [2.05, 4.69) is 4.98 Å². The molecule has 0 aliphatic rings. The minimum absolute atomic E-state index is 0.149. The first-order valence-electron chi connectivity index (χ1n) is 5.79. The van der Waals surface area contributed by atoms with Crippen molar-refractivity contribution in [2.24, 2.45) is 7.05 Å². The summed E-state index contributed by atoms with van der Waals surface area (Å²) >= 11 is 0. The van der Waals surface area contributed by atoms with Crippen LogP contribution in [0.2, 0.25) is 0 Å². The van der Waals surface area contributed by atoms with Crippen molar-refractivity contribution in [1.82, 2.24) is 9.55 Å². The topological polar surface area (TPSA) is 92.0 Å². The summed E-state index contributed by atoms with van der Waals surface area (Å²) < 4.78 is 6.44. The Morgan fingerprint density at radius 1 is 1.40 bits per heavy atom. The van der Waals surface area contributed by atoms with Crippen molar-refractivity contribution in [2.75, 3.05) is 0 Å². The zero-order valence-corrected chi connectivity index (χ0v) is 10.5. The molecule has 0 saturated carbocycles. The molecule has 98 valence electrons. The highest BCUT2D eigenvalue weighted by Gasteiger charge is 2.10. The average molecular weight is 267 g/mol. The minimum Gasteiger partial charge on any atom is -0.505 e. The fourth-order valence-electron chi connectivity index (χ4n) is 1.98. The van der Waals surface area contributed by atoms with Gasteiger partial charge in [0.25, 0.3) is 0 Å². The third kappa shape index (κ3) is 1.73. The van der Waals surface area contributed by atoms with Crippen molar-refractivity contribution in [2.45, 2.75) is 0 Å². The quantitative estimate of drug-likeness (QED) is 0.725. The summed E-state index contributed by atoms with van der Waals surface area (Å²) in [5.41, 5.74) is 2.54. The average Bonchev–Trinajstić information content (AvgIpc) is 2.74. The zero-order chi connectivity index (χ0) is 14.3. The molecular formula is C14H9N3O3. The Morgan fingerprint density at radius 3 is 2.95 bits per heavy atom. The van der Waals surface area contributed by atoms with Crippen molar-refractivity contribution >= 4 is 11.1 Å². The molecule has 0 saturated heterocycles. The number of nitriles is 1. The fraction of sp³-hybridized carbons (Fsp3) is 0.0714. The van der Waals surface area contributed by atoms with Crippen LogP contribution in [-0.4, -0.2) is 14.7 Å². The van der Waals surface area contributed by atoms with E-state index in [9.17, 15) is 9.90 Å². The number of pyridine rings is 1. The van der Waals surface area contributed by atoms with E-state index in [4.69, 9.17) is 9.68 Å². The van der Waals surface area contributed by atoms with E-state index in [0.717, 1.165) is 5.56 Å². The molecule has 6 nitrogen and oxygen atoms in total. The van der Waals surface area contributed by atoms with Crippen LogP contribution in [0.4, 0.5) is 0 Å². The Hall–Kier alpha value is -3.07. The zero-order valence-electron chi connectivity index (χ0n) is 10.5. The van der Waals surface area contributed by atoms with Crippen LogP contribution < -0.4 is 5.76 Å². The molecule has 20 heavy (non-hydrogen) atoms. The van der Waals surface area contributed by atoms with Gasteiger partial charge in [-0.2, -0.15) is 5.26 Å². The van der Waals surface area contributed by atoms with Crippen molar-refractivity contribution in [3.63, 3.8) is 0 Å². The van der Waals surface area contributed by atoms with Gasteiger partial charge >= 0.3 is 5.76 Å². The Kier molecular flexibility index (Phi) is 2.54. The van der Waals surface area contributed by atoms with Gasteiger partial charge in [0.15, 0.2) is 11.3 Å². The molecule has 6 heteroatoms. The van der Waals surface area contributed by atoms with Crippen LogP contribution in [0.3, 0.4) is 0 Å². The van der Waals surface area contributed by atoms with E-state index >= 15 is 0 Å². The molecule has 1 N–H and O–H groups in total. The highest BCUT2D eigenvalue weighted by molar-refractivity contribution is 5.80. The maximum atomic E-state index is 11.4. The molecule has 0 aliphatic carbocycles. The maximum absolute atomic E-state index is 11.4. The van der Waals surface area contributed by atoms with Gasteiger partial charge < -0.3 is 9.52 Å². The molecule has 0 spiro atoms. The second-order valence-electron chi connectivity index (χ2n) is 4.31. The number of hydrogen-bond acceptors (Lipinski definition) is 5. The second-order valence-corrected chi connectivity index (χ2v) is 4.31. The first kappa shape index (κ1) is 12.0. The predicted molar refractivity (Wildman–Crippen MR) is 71.1 cm³/mol. The number of fused-ring (bicyclic) bond motifs is 1. The molecule has 0 aliphatic heterocycles. The third-order valence-electron chi connectivity index (χ3n) is 3.09. The van der Waals surface area contributed by atoms with E-state index in [0.29, 0.717) is 16.8 Å². The van der Waals surface area contributed by atoms with Gasteiger partial charge in [0.05, 0.1) is 23.0 Å². The lowest BCUT2D eigenvalue weighted by molar-refractivity contribution is 0.471. The van der Waals surface area contributed by atoms with Gasteiger partial charge in [-0.3, -0.25) is 9.55 Å². The maximum Gasteiger partial charge on any atom is 0.419 e. The third-order valence-corrected chi connectivity index (χ3v) is 3.09. The van der Waals surface area contributed by atoms with Crippen LogP contribution in [0.25, 0.3) is 22.4 Å². The molecule has 0 amide bonds. The summed E-state index contributed by atoms with van der Waals surface area (Å²) in [5.74, 6) is -0.596. The fourth-order valence-corrected chi connectivity index (χ4v) is 1.98. The SMILES string of the molecule is Cn1c(=O)oc2ccc(-c3cc(C#N)c(O)cn3)cc21. The molecule has 0 unspecified atom stereocenters. The number of aromatic nitrogens is 2. The molecule has 2 heterocycles. The van der Waals surface area contributed by atoms with Crippen LogP contribution in [0.5, 0.6) is 5.75 Å². The summed E-state index contributed by atoms with van der Waals surface area (Å²) in [6, 6.07) is 8.55. The van der Waals surface area contributed by atoms with Crippen molar-refractivity contribution < 1.29 is 9.52 Å². The second kappa shape index (κ2) is 4.24. The molecule has 0 atom stereocenters. The molecule has 3 aromatic rings. The number of oxazole rings is 1. The summed E-state index contributed by atoms with van der Waals surface area (Å²) in [6.45, 7) is 0. The lowest BCUT2D eigenvalue weighted by Gasteiger charge is -2.03. The number of hydrogen-bond donors (Lipinski definition) is 1. The van der Waals surface area contributed by atoms with E-state index in [1.807, 2.05) is 6.07 Å². The normalized spacial score (nSPS) is 10.6. The van der Waals surface area contributed by atoms with Gasteiger partial charge in [0, 0.05) is 12.6 Å². The van der Waals surface area contributed by atoms with Gasteiger partial charge in [0.1, 0.15) is 6.07 Å². The minimum atomic E-state index is -0.437. The number of nitrogens with zero attached hydrogens (tertiary/aromatic N) is 3. The van der Waals surface area contributed by atoms with Crippen LogP contribution in [0, 0.1) is 11.3 Å². The first-order valence-corrected chi connectivity index (χ1v) is 5.79. The van der Waals surface area contributed by atoms with Gasteiger partial charge in [-0.15, -0.1) is 0 Å². The van der Waals surface area contributed by atoms with E-state index in [1.165, 1.54) is 16.8 Å². The molecule has 0 fully saturated rings. The molecule has 1 aromatic carbocycles.